The van der Waals surface area contributed by atoms with Crippen molar-refractivity contribution in [3.05, 3.63) is 75.6 Å². The monoisotopic (exact) mass is 384 g/mol. The van der Waals surface area contributed by atoms with Crippen LogP contribution in [0.25, 0.3) is 5.69 Å². The maximum absolute atomic E-state index is 11.2. The number of benzene rings is 2. The zero-order valence-electron chi connectivity index (χ0n) is 15.3. The lowest BCUT2D eigenvalue weighted by Gasteiger charge is -2.14. The van der Waals surface area contributed by atoms with Crippen LogP contribution in [0.3, 0.4) is 0 Å². The van der Waals surface area contributed by atoms with Gasteiger partial charge >= 0.3 is 0 Å². The molecule has 0 spiro atoms. The highest BCUT2D eigenvalue weighted by Gasteiger charge is 2.23. The maximum atomic E-state index is 11.2. The van der Waals surface area contributed by atoms with Crippen molar-refractivity contribution in [1.29, 1.82) is 0 Å². The molecule has 1 heterocycles. The van der Waals surface area contributed by atoms with Crippen molar-refractivity contribution in [3.63, 3.8) is 0 Å². The molecule has 7 nitrogen and oxygen atoms in total. The van der Waals surface area contributed by atoms with Crippen LogP contribution < -0.4 is 4.74 Å². The van der Waals surface area contributed by atoms with E-state index in [-0.39, 0.29) is 11.5 Å². The second-order valence-electron chi connectivity index (χ2n) is 6.10. The summed E-state index contributed by atoms with van der Waals surface area (Å²) in [5.74, 6) is 1.44. The Hall–Kier alpha value is -2.87. The van der Waals surface area contributed by atoms with Gasteiger partial charge in [-0.1, -0.05) is 41.6 Å². The molecule has 0 unspecified atom stereocenters. The first-order chi connectivity index (χ1) is 13.0. The van der Waals surface area contributed by atoms with Gasteiger partial charge in [0.05, 0.1) is 7.11 Å². The van der Waals surface area contributed by atoms with Gasteiger partial charge in [0.25, 0.3) is 0 Å². The highest BCUT2D eigenvalue weighted by Crippen LogP contribution is 2.36. The van der Waals surface area contributed by atoms with E-state index >= 15 is 0 Å². The van der Waals surface area contributed by atoms with Crippen LogP contribution >= 0.6 is 11.8 Å². The van der Waals surface area contributed by atoms with Crippen LogP contribution in [-0.2, 0) is 0 Å². The standard InChI is InChI=1S/C19H20N4O3S/c1-13-4-8-16(9-5-13)23-14(2)20-21-19(23)27-18(12-22(24)25)15-6-10-17(26-3)11-7-15/h4-11,18H,12H2,1-3H3/t18-/m1/s1. The summed E-state index contributed by atoms with van der Waals surface area (Å²) in [6.45, 7) is 3.68. The lowest BCUT2D eigenvalue weighted by Crippen LogP contribution is -2.11. The number of rotatable bonds is 7. The van der Waals surface area contributed by atoms with Crippen LogP contribution in [0.4, 0.5) is 0 Å². The maximum Gasteiger partial charge on any atom is 0.220 e. The minimum absolute atomic E-state index is 0.212. The second-order valence-corrected chi connectivity index (χ2v) is 7.27. The molecule has 1 aromatic heterocycles. The molecule has 0 radical (unpaired) electrons. The summed E-state index contributed by atoms with van der Waals surface area (Å²) >= 11 is 1.34. The number of thioether (sulfide) groups is 1. The summed E-state index contributed by atoms with van der Waals surface area (Å²) in [7, 11) is 1.59. The highest BCUT2D eigenvalue weighted by molar-refractivity contribution is 7.99. The Labute approximate surface area is 161 Å². The van der Waals surface area contributed by atoms with Gasteiger partial charge in [0.2, 0.25) is 6.54 Å². The molecule has 0 fully saturated rings. The van der Waals surface area contributed by atoms with Crippen molar-refractivity contribution < 1.29 is 9.66 Å². The Morgan fingerprint density at radius 2 is 1.78 bits per heavy atom. The van der Waals surface area contributed by atoms with Gasteiger partial charge in [-0.25, -0.2) is 0 Å². The largest absolute Gasteiger partial charge is 0.497 e. The predicted octanol–water partition coefficient (Wildman–Crippen LogP) is 4.00. The van der Waals surface area contributed by atoms with Crippen molar-refractivity contribution in [1.82, 2.24) is 14.8 Å². The van der Waals surface area contributed by atoms with Crippen LogP contribution in [0.15, 0.2) is 53.7 Å². The van der Waals surface area contributed by atoms with Crippen LogP contribution in [0.5, 0.6) is 5.75 Å². The van der Waals surface area contributed by atoms with E-state index in [0.717, 1.165) is 22.6 Å². The van der Waals surface area contributed by atoms with E-state index in [2.05, 4.69) is 10.2 Å². The number of nitro groups is 1. The molecule has 3 rings (SSSR count). The summed E-state index contributed by atoms with van der Waals surface area (Å²) in [6, 6.07) is 15.3. The Balaban J connectivity index is 1.94. The molecule has 0 saturated heterocycles. The summed E-state index contributed by atoms with van der Waals surface area (Å²) in [5.41, 5.74) is 2.93. The van der Waals surface area contributed by atoms with Gasteiger partial charge in [-0.15, -0.1) is 10.2 Å². The molecule has 0 aliphatic heterocycles. The van der Waals surface area contributed by atoms with Gasteiger partial charge in [-0.2, -0.15) is 0 Å². The lowest BCUT2D eigenvalue weighted by molar-refractivity contribution is -0.479. The molecule has 0 saturated carbocycles. The van der Waals surface area contributed by atoms with Crippen molar-refractivity contribution in [2.45, 2.75) is 24.3 Å². The van der Waals surface area contributed by atoms with E-state index in [9.17, 15) is 10.1 Å². The van der Waals surface area contributed by atoms with Crippen molar-refractivity contribution in [2.24, 2.45) is 0 Å². The number of hydrogen-bond acceptors (Lipinski definition) is 6. The summed E-state index contributed by atoms with van der Waals surface area (Å²) in [5, 5.41) is 19.9. The first kappa shape index (κ1) is 18.9. The highest BCUT2D eigenvalue weighted by atomic mass is 32.2. The van der Waals surface area contributed by atoms with Crippen LogP contribution in [-0.4, -0.2) is 33.3 Å². The number of ether oxygens (including phenoxy) is 1. The van der Waals surface area contributed by atoms with E-state index in [4.69, 9.17) is 4.74 Å². The molecule has 1 atom stereocenters. The van der Waals surface area contributed by atoms with E-state index in [0.29, 0.717) is 10.9 Å². The number of hydrogen-bond donors (Lipinski definition) is 0. The first-order valence-corrected chi connectivity index (χ1v) is 9.27. The van der Waals surface area contributed by atoms with E-state index in [1.807, 2.05) is 54.8 Å². The van der Waals surface area contributed by atoms with Crippen LogP contribution in [0, 0.1) is 24.0 Å². The number of aromatic nitrogens is 3. The van der Waals surface area contributed by atoms with Crippen LogP contribution in [0.1, 0.15) is 22.2 Å². The minimum Gasteiger partial charge on any atom is -0.497 e. The Morgan fingerprint density at radius 3 is 2.37 bits per heavy atom. The Bertz CT molecular complexity index is 923. The third kappa shape index (κ3) is 4.46. The van der Waals surface area contributed by atoms with E-state index in [1.54, 1.807) is 19.2 Å². The fourth-order valence-electron chi connectivity index (χ4n) is 2.70. The third-order valence-electron chi connectivity index (χ3n) is 4.14. The summed E-state index contributed by atoms with van der Waals surface area (Å²) in [4.78, 5) is 10.9. The molecule has 8 heteroatoms. The van der Waals surface area contributed by atoms with Gasteiger partial charge < -0.3 is 4.74 Å². The molecule has 2 aromatic carbocycles. The molecule has 0 bridgehead atoms. The molecule has 27 heavy (non-hydrogen) atoms. The van der Waals surface area contributed by atoms with Crippen molar-refractivity contribution in [3.8, 4) is 11.4 Å². The van der Waals surface area contributed by atoms with E-state index in [1.165, 1.54) is 11.8 Å². The van der Waals surface area contributed by atoms with Crippen molar-refractivity contribution >= 4 is 11.8 Å². The van der Waals surface area contributed by atoms with Gasteiger partial charge in [0, 0.05) is 10.6 Å². The fraction of sp³-hybridized carbons (Fsp3) is 0.263. The molecule has 0 aliphatic carbocycles. The molecule has 3 aromatic rings. The Morgan fingerprint density at radius 1 is 1.11 bits per heavy atom. The van der Waals surface area contributed by atoms with Gasteiger partial charge in [-0.3, -0.25) is 14.7 Å². The zero-order valence-corrected chi connectivity index (χ0v) is 16.1. The molecule has 0 aliphatic rings. The summed E-state index contributed by atoms with van der Waals surface area (Å²) in [6.07, 6.45) is 0. The molecule has 0 amide bonds. The van der Waals surface area contributed by atoms with Gasteiger partial charge in [0.1, 0.15) is 16.8 Å². The number of methoxy groups -OCH3 is 1. The smallest absolute Gasteiger partial charge is 0.220 e. The van der Waals surface area contributed by atoms with Crippen molar-refractivity contribution in [2.75, 3.05) is 13.7 Å². The molecular weight excluding hydrogens is 364 g/mol. The minimum atomic E-state index is -0.390. The normalized spacial score (nSPS) is 12.0. The third-order valence-corrected chi connectivity index (χ3v) is 5.32. The molecular formula is C19H20N4O3S. The number of nitrogens with zero attached hydrogens (tertiary/aromatic N) is 4. The quantitative estimate of drug-likeness (QED) is 0.348. The average molecular weight is 384 g/mol. The zero-order chi connectivity index (χ0) is 19.4. The molecule has 140 valence electrons. The number of aryl methyl sites for hydroxylation is 2. The summed E-state index contributed by atoms with van der Waals surface area (Å²) < 4.78 is 7.09. The fourth-order valence-corrected chi connectivity index (χ4v) is 3.88. The lowest BCUT2D eigenvalue weighted by atomic mass is 10.1. The SMILES string of the molecule is COc1ccc([C@@H](C[N+](=O)[O-])Sc2nnc(C)n2-c2ccc(C)cc2)cc1. The topological polar surface area (TPSA) is 83.1 Å². The molecule has 0 N–H and O–H groups in total. The second kappa shape index (κ2) is 8.22. The van der Waals surface area contributed by atoms with Crippen LogP contribution in [0.2, 0.25) is 0 Å². The Kier molecular flexibility index (Phi) is 5.75. The van der Waals surface area contributed by atoms with Gasteiger partial charge in [-0.05, 0) is 43.7 Å². The first-order valence-electron chi connectivity index (χ1n) is 8.39. The van der Waals surface area contributed by atoms with Gasteiger partial charge in [0.15, 0.2) is 5.16 Å². The predicted molar refractivity (Wildman–Crippen MR) is 104 cm³/mol. The van der Waals surface area contributed by atoms with E-state index < -0.39 is 5.25 Å². The average Bonchev–Trinajstić information content (AvgIpc) is 3.02.